The number of thiophene rings is 1. The second-order valence-corrected chi connectivity index (χ2v) is 6.56. The van der Waals surface area contributed by atoms with Crippen LogP contribution in [0, 0.1) is 12.7 Å². The van der Waals surface area contributed by atoms with Crippen molar-refractivity contribution in [2.75, 3.05) is 6.54 Å². The Kier molecular flexibility index (Phi) is 4.85. The number of benzene rings is 1. The predicted molar refractivity (Wildman–Crippen MR) is 81.0 cm³/mol. The number of halogens is 3. The van der Waals surface area contributed by atoms with Gasteiger partial charge in [0.25, 0.3) is 0 Å². The van der Waals surface area contributed by atoms with Crippen LogP contribution in [0.5, 0.6) is 0 Å². The molecule has 19 heavy (non-hydrogen) atoms. The molecule has 2 aromatic rings. The van der Waals surface area contributed by atoms with E-state index in [1.54, 1.807) is 12.1 Å². The molecule has 0 amide bonds. The SMILES string of the molecule is CCNC(c1cc(F)ccc1C)c1cc(Cl)sc1Cl. The Bertz CT molecular complexity index is 583. The highest BCUT2D eigenvalue weighted by molar-refractivity contribution is 7.20. The number of hydrogen-bond donors (Lipinski definition) is 1. The van der Waals surface area contributed by atoms with E-state index in [1.807, 2.05) is 19.9 Å². The van der Waals surface area contributed by atoms with Gasteiger partial charge in [0.2, 0.25) is 0 Å². The van der Waals surface area contributed by atoms with E-state index in [9.17, 15) is 4.39 Å². The molecular weight excluding hydrogens is 304 g/mol. The molecule has 2 rings (SSSR count). The minimum absolute atomic E-state index is 0.142. The molecule has 5 heteroatoms. The molecule has 0 saturated heterocycles. The first kappa shape index (κ1) is 14.8. The van der Waals surface area contributed by atoms with E-state index in [2.05, 4.69) is 5.32 Å². The lowest BCUT2D eigenvalue weighted by Crippen LogP contribution is -2.22. The van der Waals surface area contributed by atoms with E-state index in [-0.39, 0.29) is 11.9 Å². The summed E-state index contributed by atoms with van der Waals surface area (Å²) in [5.41, 5.74) is 2.80. The average molecular weight is 318 g/mol. The molecule has 0 radical (unpaired) electrons. The molecule has 1 aromatic carbocycles. The van der Waals surface area contributed by atoms with E-state index in [1.165, 1.54) is 17.4 Å². The van der Waals surface area contributed by atoms with Gasteiger partial charge in [0.05, 0.1) is 14.7 Å². The van der Waals surface area contributed by atoms with Crippen molar-refractivity contribution in [1.29, 1.82) is 0 Å². The molecule has 0 fully saturated rings. The molecule has 0 bridgehead atoms. The highest BCUT2D eigenvalue weighted by atomic mass is 35.5. The molecule has 0 saturated carbocycles. The highest BCUT2D eigenvalue weighted by Crippen LogP contribution is 2.38. The van der Waals surface area contributed by atoms with Crippen molar-refractivity contribution in [3.8, 4) is 0 Å². The lowest BCUT2D eigenvalue weighted by Gasteiger charge is -2.20. The highest BCUT2D eigenvalue weighted by Gasteiger charge is 2.20. The van der Waals surface area contributed by atoms with Crippen LogP contribution in [-0.2, 0) is 0 Å². The monoisotopic (exact) mass is 317 g/mol. The zero-order valence-electron chi connectivity index (χ0n) is 10.6. The number of rotatable bonds is 4. The van der Waals surface area contributed by atoms with Crippen molar-refractivity contribution in [2.45, 2.75) is 19.9 Å². The zero-order chi connectivity index (χ0) is 14.0. The van der Waals surface area contributed by atoms with Crippen LogP contribution >= 0.6 is 34.5 Å². The molecular formula is C14H14Cl2FNS. The molecule has 1 aromatic heterocycles. The first-order chi connectivity index (χ1) is 9.02. The van der Waals surface area contributed by atoms with Crippen LogP contribution in [0.4, 0.5) is 4.39 Å². The molecule has 0 aliphatic heterocycles. The maximum Gasteiger partial charge on any atom is 0.123 e. The van der Waals surface area contributed by atoms with Crippen LogP contribution in [0.15, 0.2) is 24.3 Å². The molecule has 1 N–H and O–H groups in total. The normalized spacial score (nSPS) is 12.7. The Morgan fingerprint density at radius 2 is 2.00 bits per heavy atom. The van der Waals surface area contributed by atoms with Gasteiger partial charge >= 0.3 is 0 Å². The zero-order valence-corrected chi connectivity index (χ0v) is 13.0. The fourth-order valence-corrected chi connectivity index (χ4v) is 3.60. The minimum Gasteiger partial charge on any atom is -0.306 e. The first-order valence-electron chi connectivity index (χ1n) is 5.97. The van der Waals surface area contributed by atoms with Crippen LogP contribution < -0.4 is 5.32 Å². The molecule has 0 spiro atoms. The quantitative estimate of drug-likeness (QED) is 0.817. The van der Waals surface area contributed by atoms with Gasteiger partial charge in [-0.3, -0.25) is 0 Å². The summed E-state index contributed by atoms with van der Waals surface area (Å²) in [6.07, 6.45) is 0. The summed E-state index contributed by atoms with van der Waals surface area (Å²) in [5.74, 6) is -0.249. The largest absolute Gasteiger partial charge is 0.306 e. The summed E-state index contributed by atoms with van der Waals surface area (Å²) in [4.78, 5) is 0. The third-order valence-corrected chi connectivity index (χ3v) is 4.47. The predicted octanol–water partition coefficient (Wildman–Crippen LogP) is 5.20. The second kappa shape index (κ2) is 6.23. The molecule has 0 aliphatic rings. The summed E-state index contributed by atoms with van der Waals surface area (Å²) in [6.45, 7) is 4.72. The first-order valence-corrected chi connectivity index (χ1v) is 7.54. The summed E-state index contributed by atoms with van der Waals surface area (Å²) in [6, 6.07) is 6.48. The maximum atomic E-state index is 13.5. The fourth-order valence-electron chi connectivity index (χ4n) is 2.06. The van der Waals surface area contributed by atoms with Crippen LogP contribution in [-0.4, -0.2) is 6.54 Å². The van der Waals surface area contributed by atoms with Crippen LogP contribution in [0.2, 0.25) is 8.67 Å². The second-order valence-electron chi connectivity index (χ2n) is 4.27. The van der Waals surface area contributed by atoms with Crippen molar-refractivity contribution in [3.63, 3.8) is 0 Å². The Hall–Kier alpha value is -0.610. The molecule has 1 atom stereocenters. The van der Waals surface area contributed by atoms with Gasteiger partial charge in [-0.25, -0.2) is 4.39 Å². The van der Waals surface area contributed by atoms with Gasteiger partial charge in [-0.2, -0.15) is 0 Å². The van der Waals surface area contributed by atoms with E-state index >= 15 is 0 Å². The van der Waals surface area contributed by atoms with Gasteiger partial charge in [0.1, 0.15) is 5.82 Å². The lowest BCUT2D eigenvalue weighted by atomic mass is 9.96. The number of aryl methyl sites for hydroxylation is 1. The van der Waals surface area contributed by atoms with Gasteiger partial charge in [-0.1, -0.05) is 36.2 Å². The van der Waals surface area contributed by atoms with Crippen LogP contribution in [0.25, 0.3) is 0 Å². The molecule has 102 valence electrons. The van der Waals surface area contributed by atoms with Crippen molar-refractivity contribution >= 4 is 34.5 Å². The van der Waals surface area contributed by atoms with Gasteiger partial charge in [-0.15, -0.1) is 11.3 Å². The van der Waals surface area contributed by atoms with Crippen molar-refractivity contribution < 1.29 is 4.39 Å². The fraction of sp³-hybridized carbons (Fsp3) is 0.286. The summed E-state index contributed by atoms with van der Waals surface area (Å²) in [5, 5.41) is 3.33. The molecule has 1 unspecified atom stereocenters. The Morgan fingerprint density at radius 1 is 1.26 bits per heavy atom. The third-order valence-electron chi connectivity index (χ3n) is 2.95. The summed E-state index contributed by atoms with van der Waals surface area (Å²) in [7, 11) is 0. The van der Waals surface area contributed by atoms with Crippen molar-refractivity contribution in [3.05, 3.63) is 55.4 Å². The molecule has 1 heterocycles. The Labute approximate surface area is 126 Å². The average Bonchev–Trinajstić information content (AvgIpc) is 2.69. The topological polar surface area (TPSA) is 12.0 Å². The van der Waals surface area contributed by atoms with Gasteiger partial charge in [0.15, 0.2) is 0 Å². The minimum atomic E-state index is -0.249. The maximum absolute atomic E-state index is 13.5. The Balaban J connectivity index is 2.51. The standard InChI is InChI=1S/C14H14Cl2FNS/c1-3-18-13(11-7-12(15)19-14(11)16)10-6-9(17)5-4-8(10)2/h4-7,13,18H,3H2,1-2H3. The van der Waals surface area contributed by atoms with Crippen LogP contribution in [0.1, 0.15) is 29.7 Å². The van der Waals surface area contributed by atoms with E-state index in [0.717, 1.165) is 23.2 Å². The van der Waals surface area contributed by atoms with E-state index in [0.29, 0.717) is 8.67 Å². The van der Waals surface area contributed by atoms with Crippen LogP contribution in [0.3, 0.4) is 0 Å². The van der Waals surface area contributed by atoms with Gasteiger partial charge in [0, 0.05) is 5.56 Å². The van der Waals surface area contributed by atoms with Gasteiger partial charge in [-0.05, 0) is 42.8 Å². The summed E-state index contributed by atoms with van der Waals surface area (Å²) < 4.78 is 14.8. The smallest absolute Gasteiger partial charge is 0.123 e. The van der Waals surface area contributed by atoms with Crippen molar-refractivity contribution in [1.82, 2.24) is 5.32 Å². The Morgan fingerprint density at radius 3 is 2.58 bits per heavy atom. The summed E-state index contributed by atoms with van der Waals surface area (Å²) >= 11 is 13.5. The van der Waals surface area contributed by atoms with Crippen molar-refractivity contribution in [2.24, 2.45) is 0 Å². The third kappa shape index (κ3) is 3.29. The lowest BCUT2D eigenvalue weighted by molar-refractivity contribution is 0.601. The molecule has 1 nitrogen and oxygen atoms in total. The number of hydrogen-bond acceptors (Lipinski definition) is 2. The van der Waals surface area contributed by atoms with E-state index in [4.69, 9.17) is 23.2 Å². The van der Waals surface area contributed by atoms with Gasteiger partial charge < -0.3 is 5.32 Å². The number of nitrogens with one attached hydrogen (secondary N) is 1. The van der Waals surface area contributed by atoms with E-state index < -0.39 is 0 Å². The molecule has 0 aliphatic carbocycles.